The zero-order valence-electron chi connectivity index (χ0n) is 12.9. The normalized spacial score (nSPS) is 19.5. The Hall–Kier alpha value is -0.930. The second-order valence-electron chi connectivity index (χ2n) is 6.79. The van der Waals surface area contributed by atoms with Gasteiger partial charge < -0.3 is 0 Å². The van der Waals surface area contributed by atoms with Crippen molar-refractivity contribution in [2.45, 2.75) is 58.9 Å². The molecule has 1 fully saturated rings. The van der Waals surface area contributed by atoms with Crippen molar-refractivity contribution in [3.05, 3.63) is 35.1 Å². The number of nitrogens with two attached hydrogens (primary N) is 1. The van der Waals surface area contributed by atoms with Crippen molar-refractivity contribution in [2.24, 2.45) is 17.2 Å². The molecule has 0 aromatic heterocycles. The van der Waals surface area contributed by atoms with Crippen LogP contribution in [0.1, 0.15) is 63.1 Å². The lowest BCUT2D eigenvalue weighted by atomic mass is 9.70. The summed E-state index contributed by atoms with van der Waals surface area (Å²) < 4.78 is 14.3. The largest absolute Gasteiger partial charge is 0.271 e. The fourth-order valence-corrected chi connectivity index (χ4v) is 3.98. The van der Waals surface area contributed by atoms with E-state index < -0.39 is 0 Å². The van der Waals surface area contributed by atoms with Gasteiger partial charge in [-0.3, -0.25) is 11.3 Å². The Bertz CT molecular complexity index is 450. The predicted molar refractivity (Wildman–Crippen MR) is 81.6 cm³/mol. The summed E-state index contributed by atoms with van der Waals surface area (Å²) in [4.78, 5) is 0. The van der Waals surface area contributed by atoms with E-state index in [4.69, 9.17) is 5.84 Å². The van der Waals surface area contributed by atoms with Crippen LogP contribution < -0.4 is 11.3 Å². The minimum Gasteiger partial charge on any atom is -0.271 e. The molecule has 1 aromatic rings. The average molecular weight is 278 g/mol. The number of hydrazine groups is 1. The van der Waals surface area contributed by atoms with Crippen LogP contribution in [0.15, 0.2) is 18.2 Å². The van der Waals surface area contributed by atoms with Crippen LogP contribution in [0.25, 0.3) is 0 Å². The molecule has 1 unspecified atom stereocenters. The predicted octanol–water partition coefficient (Wildman–Crippen LogP) is 4.25. The van der Waals surface area contributed by atoms with E-state index in [0.717, 1.165) is 30.4 Å². The van der Waals surface area contributed by atoms with Gasteiger partial charge in [0.2, 0.25) is 0 Å². The van der Waals surface area contributed by atoms with Crippen molar-refractivity contribution in [2.75, 3.05) is 0 Å². The van der Waals surface area contributed by atoms with Gasteiger partial charge in [-0.1, -0.05) is 44.4 Å². The smallest absolute Gasteiger partial charge is 0.128 e. The van der Waals surface area contributed by atoms with Gasteiger partial charge >= 0.3 is 0 Å². The molecular weight excluding hydrogens is 251 g/mol. The Labute approximate surface area is 121 Å². The fraction of sp³-hybridized carbons (Fsp3) is 0.647. The molecule has 2 nitrogen and oxygen atoms in total. The van der Waals surface area contributed by atoms with E-state index in [0.29, 0.717) is 5.92 Å². The SMILES string of the molecule is Cc1ccc(F)c(C(NN)C2(CC(C)C)CCCC2)c1. The first-order chi connectivity index (χ1) is 9.48. The van der Waals surface area contributed by atoms with E-state index in [2.05, 4.69) is 19.3 Å². The molecule has 0 spiro atoms. The number of hydrogen-bond donors (Lipinski definition) is 2. The summed E-state index contributed by atoms with van der Waals surface area (Å²) >= 11 is 0. The number of hydrogen-bond acceptors (Lipinski definition) is 2. The summed E-state index contributed by atoms with van der Waals surface area (Å²) in [6, 6.07) is 5.23. The Morgan fingerprint density at radius 2 is 1.95 bits per heavy atom. The zero-order chi connectivity index (χ0) is 14.8. The van der Waals surface area contributed by atoms with Crippen LogP contribution in [0.3, 0.4) is 0 Å². The Balaban J connectivity index is 2.40. The summed E-state index contributed by atoms with van der Waals surface area (Å²) in [5.74, 6) is 6.30. The Kier molecular flexibility index (Phi) is 4.82. The van der Waals surface area contributed by atoms with Gasteiger partial charge in [-0.2, -0.15) is 0 Å². The van der Waals surface area contributed by atoms with Crippen molar-refractivity contribution in [1.82, 2.24) is 5.43 Å². The fourth-order valence-electron chi connectivity index (χ4n) is 3.98. The lowest BCUT2D eigenvalue weighted by Gasteiger charge is -2.39. The van der Waals surface area contributed by atoms with Crippen LogP contribution in [0, 0.1) is 24.1 Å². The van der Waals surface area contributed by atoms with E-state index in [1.54, 1.807) is 6.07 Å². The molecule has 0 amide bonds. The van der Waals surface area contributed by atoms with Crippen LogP contribution in [-0.2, 0) is 0 Å². The first kappa shape index (κ1) is 15.5. The highest BCUT2D eigenvalue weighted by atomic mass is 19.1. The van der Waals surface area contributed by atoms with Gasteiger partial charge in [-0.15, -0.1) is 0 Å². The molecule has 1 atom stereocenters. The summed E-state index contributed by atoms with van der Waals surface area (Å²) in [5.41, 5.74) is 4.84. The van der Waals surface area contributed by atoms with Gasteiger partial charge in [0.25, 0.3) is 0 Å². The quantitative estimate of drug-likeness (QED) is 0.624. The highest BCUT2D eigenvalue weighted by molar-refractivity contribution is 5.29. The maximum Gasteiger partial charge on any atom is 0.128 e. The van der Waals surface area contributed by atoms with Crippen LogP contribution in [-0.4, -0.2) is 0 Å². The summed E-state index contributed by atoms with van der Waals surface area (Å²) in [6.07, 6.45) is 5.80. The van der Waals surface area contributed by atoms with Crippen LogP contribution in [0.2, 0.25) is 0 Å². The molecule has 0 radical (unpaired) electrons. The molecular formula is C17H27FN2. The Morgan fingerprint density at radius 3 is 2.50 bits per heavy atom. The lowest BCUT2D eigenvalue weighted by Crippen LogP contribution is -2.41. The Morgan fingerprint density at radius 1 is 1.30 bits per heavy atom. The second-order valence-corrected chi connectivity index (χ2v) is 6.79. The number of nitrogens with one attached hydrogen (secondary N) is 1. The second kappa shape index (κ2) is 6.23. The third kappa shape index (κ3) is 3.04. The number of halogens is 1. The zero-order valence-corrected chi connectivity index (χ0v) is 12.9. The minimum absolute atomic E-state index is 0.0905. The molecule has 0 saturated heterocycles. The van der Waals surface area contributed by atoms with Crippen molar-refractivity contribution in [1.29, 1.82) is 0 Å². The maximum atomic E-state index is 14.3. The lowest BCUT2D eigenvalue weighted by molar-refractivity contribution is 0.153. The maximum absolute atomic E-state index is 14.3. The molecule has 1 aromatic carbocycles. The molecule has 1 aliphatic carbocycles. The van der Waals surface area contributed by atoms with E-state index in [1.165, 1.54) is 12.8 Å². The molecule has 1 saturated carbocycles. The molecule has 3 heteroatoms. The number of aryl methyl sites for hydroxylation is 1. The van der Waals surface area contributed by atoms with Crippen LogP contribution in [0.5, 0.6) is 0 Å². The van der Waals surface area contributed by atoms with E-state index in [9.17, 15) is 4.39 Å². The topological polar surface area (TPSA) is 38.0 Å². The van der Waals surface area contributed by atoms with Crippen LogP contribution >= 0.6 is 0 Å². The van der Waals surface area contributed by atoms with E-state index in [1.807, 2.05) is 19.1 Å². The standard InChI is InChI=1S/C17H27FN2/c1-12(2)11-17(8-4-5-9-17)16(20-19)14-10-13(3)6-7-15(14)18/h6-7,10,12,16,20H,4-5,8-9,11,19H2,1-3H3. The summed E-state index contributed by atoms with van der Waals surface area (Å²) in [5, 5.41) is 0. The third-order valence-corrected chi connectivity index (χ3v) is 4.66. The number of benzene rings is 1. The van der Waals surface area contributed by atoms with Gasteiger partial charge in [0, 0.05) is 5.56 Å². The average Bonchev–Trinajstić information content (AvgIpc) is 2.83. The number of rotatable bonds is 5. The first-order valence-corrected chi connectivity index (χ1v) is 7.71. The third-order valence-electron chi connectivity index (χ3n) is 4.66. The highest BCUT2D eigenvalue weighted by Gasteiger charge is 2.42. The minimum atomic E-state index is -0.145. The first-order valence-electron chi connectivity index (χ1n) is 7.71. The van der Waals surface area contributed by atoms with Crippen molar-refractivity contribution in [3.63, 3.8) is 0 Å². The summed E-state index contributed by atoms with van der Waals surface area (Å²) in [6.45, 7) is 6.47. The molecule has 20 heavy (non-hydrogen) atoms. The van der Waals surface area contributed by atoms with Gasteiger partial charge in [0.15, 0.2) is 0 Å². The molecule has 1 aliphatic rings. The molecule has 3 N–H and O–H groups in total. The molecule has 0 heterocycles. The van der Waals surface area contributed by atoms with Gasteiger partial charge in [0.1, 0.15) is 5.82 Å². The van der Waals surface area contributed by atoms with Gasteiger partial charge in [0.05, 0.1) is 6.04 Å². The molecule has 112 valence electrons. The summed E-state index contributed by atoms with van der Waals surface area (Å²) in [7, 11) is 0. The monoisotopic (exact) mass is 278 g/mol. The van der Waals surface area contributed by atoms with Crippen LogP contribution in [0.4, 0.5) is 4.39 Å². The highest BCUT2D eigenvalue weighted by Crippen LogP contribution is 2.51. The van der Waals surface area contributed by atoms with E-state index in [-0.39, 0.29) is 17.3 Å². The van der Waals surface area contributed by atoms with Gasteiger partial charge in [-0.05, 0) is 43.6 Å². The molecule has 0 aliphatic heterocycles. The van der Waals surface area contributed by atoms with Gasteiger partial charge in [-0.25, -0.2) is 4.39 Å². The molecule has 2 rings (SSSR count). The van der Waals surface area contributed by atoms with Crippen molar-refractivity contribution < 1.29 is 4.39 Å². The van der Waals surface area contributed by atoms with Crippen molar-refractivity contribution >= 4 is 0 Å². The van der Waals surface area contributed by atoms with Crippen molar-refractivity contribution in [3.8, 4) is 0 Å². The van der Waals surface area contributed by atoms with E-state index >= 15 is 0 Å². The molecule has 0 bridgehead atoms.